The van der Waals surface area contributed by atoms with Gasteiger partial charge in [0.2, 0.25) is 0 Å². The second kappa shape index (κ2) is 5.78. The largest absolute Gasteiger partial charge is 0.294 e. The van der Waals surface area contributed by atoms with E-state index in [9.17, 15) is 4.79 Å². The van der Waals surface area contributed by atoms with Gasteiger partial charge in [-0.15, -0.1) is 0 Å². The minimum Gasteiger partial charge on any atom is -0.294 e. The Balaban J connectivity index is 2.11. The molecule has 0 aliphatic heterocycles. The highest BCUT2D eigenvalue weighted by Crippen LogP contribution is 2.12. The van der Waals surface area contributed by atoms with Gasteiger partial charge in [-0.3, -0.25) is 14.5 Å². The lowest BCUT2D eigenvalue weighted by molar-refractivity contribution is 0.0990. The maximum absolute atomic E-state index is 12.2. The van der Waals surface area contributed by atoms with Crippen molar-refractivity contribution in [1.82, 2.24) is 14.8 Å². The Morgan fingerprint density at radius 2 is 2.21 bits per heavy atom. The van der Waals surface area contributed by atoms with E-state index in [-0.39, 0.29) is 5.78 Å². The summed E-state index contributed by atoms with van der Waals surface area (Å²) >= 11 is 0. The van der Waals surface area contributed by atoms with Crippen molar-refractivity contribution in [1.29, 1.82) is 0 Å². The second-order valence-electron chi connectivity index (χ2n) is 4.83. The molecule has 0 N–H and O–H groups in total. The van der Waals surface area contributed by atoms with Crippen molar-refractivity contribution in [2.75, 3.05) is 0 Å². The van der Waals surface area contributed by atoms with Crippen LogP contribution in [0.2, 0.25) is 0 Å². The molecule has 0 aromatic carbocycles. The van der Waals surface area contributed by atoms with Gasteiger partial charge in [0.05, 0.1) is 12.1 Å². The van der Waals surface area contributed by atoms with Crippen molar-refractivity contribution in [3.63, 3.8) is 0 Å². The van der Waals surface area contributed by atoms with Gasteiger partial charge in [-0.2, -0.15) is 5.10 Å². The van der Waals surface area contributed by atoms with Crippen molar-refractivity contribution >= 4 is 5.78 Å². The Bertz CT molecular complexity index is 574. The van der Waals surface area contributed by atoms with Gasteiger partial charge in [-0.25, -0.2) is 0 Å². The van der Waals surface area contributed by atoms with E-state index in [4.69, 9.17) is 0 Å². The number of nitrogens with zero attached hydrogens (tertiary/aromatic N) is 3. The number of aryl methyl sites for hydroxylation is 1. The van der Waals surface area contributed by atoms with Crippen LogP contribution in [0, 0.1) is 6.92 Å². The molecule has 0 saturated carbocycles. The summed E-state index contributed by atoms with van der Waals surface area (Å²) in [5, 5.41) is 4.45. The fraction of sp³-hybridized carbons (Fsp3) is 0.400. The maximum atomic E-state index is 12.2. The fourth-order valence-electron chi connectivity index (χ4n) is 1.92. The van der Waals surface area contributed by atoms with Crippen molar-refractivity contribution < 1.29 is 4.79 Å². The number of carbonyl (C=O) groups excluding carboxylic acids is 1. The predicted octanol–water partition coefficient (Wildman–Crippen LogP) is 2.98. The zero-order valence-corrected chi connectivity index (χ0v) is 11.6. The molecule has 2 heterocycles. The van der Waals surface area contributed by atoms with Gasteiger partial charge in [0.15, 0.2) is 5.78 Å². The zero-order valence-electron chi connectivity index (χ0n) is 11.6. The molecular formula is C15H19N3O. The summed E-state index contributed by atoms with van der Waals surface area (Å²) < 4.78 is 1.92. The van der Waals surface area contributed by atoms with Crippen LogP contribution in [0.4, 0.5) is 0 Å². The number of ketones is 1. The lowest BCUT2D eigenvalue weighted by atomic mass is 10.0. The molecule has 0 aliphatic carbocycles. The van der Waals surface area contributed by atoms with Crippen LogP contribution < -0.4 is 0 Å². The van der Waals surface area contributed by atoms with E-state index in [1.54, 1.807) is 12.4 Å². The van der Waals surface area contributed by atoms with E-state index < -0.39 is 0 Å². The number of carbonyl (C=O) groups is 1. The van der Waals surface area contributed by atoms with Crippen molar-refractivity contribution in [2.45, 2.75) is 39.7 Å². The number of aromatic nitrogens is 3. The quantitative estimate of drug-likeness (QED) is 0.774. The smallest absolute Gasteiger partial charge is 0.170 e. The van der Waals surface area contributed by atoms with Crippen LogP contribution in [0.5, 0.6) is 0 Å². The molecule has 1 unspecified atom stereocenters. The molecule has 4 heteroatoms. The van der Waals surface area contributed by atoms with Gasteiger partial charge in [0.25, 0.3) is 0 Å². The molecule has 2 aromatic rings. The van der Waals surface area contributed by atoms with Gasteiger partial charge in [0.1, 0.15) is 0 Å². The fourth-order valence-corrected chi connectivity index (χ4v) is 1.92. The third-order valence-electron chi connectivity index (χ3n) is 3.39. The van der Waals surface area contributed by atoms with Gasteiger partial charge in [-0.05, 0) is 38.0 Å². The minimum atomic E-state index is 0.0694. The summed E-state index contributed by atoms with van der Waals surface area (Å²) in [7, 11) is 0. The lowest BCUT2D eigenvalue weighted by Gasteiger charge is -2.08. The van der Waals surface area contributed by atoms with E-state index >= 15 is 0 Å². The van der Waals surface area contributed by atoms with Crippen LogP contribution >= 0.6 is 0 Å². The summed E-state index contributed by atoms with van der Waals surface area (Å²) in [4.78, 5) is 16.2. The van der Waals surface area contributed by atoms with Crippen molar-refractivity contribution in [3.05, 3.63) is 47.5 Å². The van der Waals surface area contributed by atoms with Gasteiger partial charge >= 0.3 is 0 Å². The Morgan fingerprint density at radius 1 is 1.42 bits per heavy atom. The summed E-state index contributed by atoms with van der Waals surface area (Å²) in [5.74, 6) is 0.0694. The highest BCUT2D eigenvalue weighted by Gasteiger charge is 2.12. The van der Waals surface area contributed by atoms with Crippen LogP contribution in [0.1, 0.15) is 47.9 Å². The van der Waals surface area contributed by atoms with E-state index in [2.05, 4.69) is 23.9 Å². The normalized spacial score (nSPS) is 12.4. The van der Waals surface area contributed by atoms with Crippen molar-refractivity contribution in [3.8, 4) is 0 Å². The first-order chi connectivity index (χ1) is 9.11. The number of hydrogen-bond acceptors (Lipinski definition) is 3. The number of pyridine rings is 1. The third kappa shape index (κ3) is 3.08. The van der Waals surface area contributed by atoms with Gasteiger partial charge in [0, 0.05) is 30.2 Å². The molecule has 0 spiro atoms. The van der Waals surface area contributed by atoms with Crippen LogP contribution in [-0.2, 0) is 6.42 Å². The summed E-state index contributed by atoms with van der Waals surface area (Å²) in [5.41, 5.74) is 2.45. The lowest BCUT2D eigenvalue weighted by Crippen LogP contribution is -2.09. The Labute approximate surface area is 113 Å². The summed E-state index contributed by atoms with van der Waals surface area (Å²) in [6.45, 7) is 6.16. The van der Waals surface area contributed by atoms with E-state index in [1.807, 2.05) is 29.9 Å². The monoisotopic (exact) mass is 257 g/mol. The van der Waals surface area contributed by atoms with E-state index in [0.29, 0.717) is 18.0 Å². The Kier molecular flexibility index (Phi) is 4.10. The number of Topliss-reactive ketones (excluding diaryl/α,β-unsaturated/α-hetero) is 1. The van der Waals surface area contributed by atoms with Gasteiger partial charge in [-0.1, -0.05) is 6.92 Å². The average Bonchev–Trinajstić information content (AvgIpc) is 2.86. The predicted molar refractivity (Wildman–Crippen MR) is 74.2 cm³/mol. The Morgan fingerprint density at radius 3 is 2.89 bits per heavy atom. The second-order valence-corrected chi connectivity index (χ2v) is 4.83. The molecule has 100 valence electrons. The van der Waals surface area contributed by atoms with Gasteiger partial charge < -0.3 is 0 Å². The molecule has 1 atom stereocenters. The van der Waals surface area contributed by atoms with Crippen LogP contribution in [0.15, 0.2) is 30.7 Å². The molecule has 2 rings (SSSR count). The molecule has 0 radical (unpaired) electrons. The standard InChI is InChI=1S/C15H19N3O/c1-4-12(3)18-8-6-13(17-18)9-15(19)14-10-16-7-5-11(14)2/h5-8,10,12H,4,9H2,1-3H3. The SMILES string of the molecule is CCC(C)n1ccc(CC(=O)c2cnccc2C)n1. The third-order valence-corrected chi connectivity index (χ3v) is 3.39. The number of rotatable bonds is 5. The molecular weight excluding hydrogens is 238 g/mol. The number of hydrogen-bond donors (Lipinski definition) is 0. The molecule has 2 aromatic heterocycles. The molecule has 19 heavy (non-hydrogen) atoms. The summed E-state index contributed by atoms with van der Waals surface area (Å²) in [6.07, 6.45) is 6.62. The van der Waals surface area contributed by atoms with E-state index in [0.717, 1.165) is 17.7 Å². The first-order valence-corrected chi connectivity index (χ1v) is 6.59. The summed E-state index contributed by atoms with van der Waals surface area (Å²) in [6, 6.07) is 4.13. The topological polar surface area (TPSA) is 47.8 Å². The molecule has 0 saturated heterocycles. The van der Waals surface area contributed by atoms with Crippen LogP contribution in [-0.4, -0.2) is 20.5 Å². The molecule has 0 aliphatic rings. The van der Waals surface area contributed by atoms with Crippen molar-refractivity contribution in [2.24, 2.45) is 0 Å². The molecule has 0 bridgehead atoms. The average molecular weight is 257 g/mol. The first kappa shape index (κ1) is 13.5. The Hall–Kier alpha value is -1.97. The van der Waals surface area contributed by atoms with Crippen LogP contribution in [0.25, 0.3) is 0 Å². The molecule has 0 fully saturated rings. The maximum Gasteiger partial charge on any atom is 0.170 e. The molecule has 0 amide bonds. The minimum absolute atomic E-state index is 0.0694. The highest BCUT2D eigenvalue weighted by molar-refractivity contribution is 5.98. The molecule has 4 nitrogen and oxygen atoms in total. The first-order valence-electron chi connectivity index (χ1n) is 6.59. The zero-order chi connectivity index (χ0) is 13.8. The highest BCUT2D eigenvalue weighted by atomic mass is 16.1. The van der Waals surface area contributed by atoms with E-state index in [1.165, 1.54) is 0 Å². The van der Waals surface area contributed by atoms with Crippen LogP contribution in [0.3, 0.4) is 0 Å².